The van der Waals surface area contributed by atoms with Gasteiger partial charge in [-0.1, -0.05) is 13.8 Å². The van der Waals surface area contributed by atoms with E-state index in [1.165, 1.54) is 0 Å². The summed E-state index contributed by atoms with van der Waals surface area (Å²) in [5, 5.41) is 0. The van der Waals surface area contributed by atoms with Gasteiger partial charge >= 0.3 is 0 Å². The first-order valence-electron chi connectivity index (χ1n) is 6.11. The fraction of sp³-hybridized carbons (Fsp3) is 0.917. The highest BCUT2D eigenvalue weighted by molar-refractivity contribution is 5.82. The summed E-state index contributed by atoms with van der Waals surface area (Å²) in [5.41, 5.74) is 6.18. The maximum atomic E-state index is 12.2. The molecule has 2 unspecified atom stereocenters. The lowest BCUT2D eigenvalue weighted by Crippen LogP contribution is -2.46. The number of hydrogen-bond acceptors (Lipinski definition) is 2. The molecule has 0 spiro atoms. The van der Waals surface area contributed by atoms with Gasteiger partial charge < -0.3 is 10.6 Å². The molecule has 0 radical (unpaired) electrons. The van der Waals surface area contributed by atoms with E-state index in [1.807, 2.05) is 4.90 Å². The number of piperidine rings is 1. The van der Waals surface area contributed by atoms with Crippen molar-refractivity contribution in [2.75, 3.05) is 13.1 Å². The zero-order valence-corrected chi connectivity index (χ0v) is 9.83. The van der Waals surface area contributed by atoms with Crippen LogP contribution in [-0.4, -0.2) is 29.9 Å². The lowest BCUT2D eigenvalue weighted by molar-refractivity contribution is -0.134. The molecule has 3 heteroatoms. The molecule has 0 aromatic heterocycles. The molecule has 86 valence electrons. The van der Waals surface area contributed by atoms with Crippen LogP contribution in [0.2, 0.25) is 0 Å². The van der Waals surface area contributed by atoms with E-state index in [4.69, 9.17) is 5.73 Å². The van der Waals surface area contributed by atoms with Crippen LogP contribution in [0.5, 0.6) is 0 Å². The maximum Gasteiger partial charge on any atom is 0.226 e. The third-order valence-corrected chi connectivity index (χ3v) is 4.23. The van der Waals surface area contributed by atoms with E-state index in [0.29, 0.717) is 11.3 Å². The number of rotatable bonds is 2. The van der Waals surface area contributed by atoms with Crippen molar-refractivity contribution in [3.05, 3.63) is 0 Å². The molecule has 2 rings (SSSR count). The second-order valence-electron chi connectivity index (χ2n) is 5.45. The molecular weight excluding hydrogens is 188 g/mol. The van der Waals surface area contributed by atoms with Crippen LogP contribution in [0.15, 0.2) is 0 Å². The van der Waals surface area contributed by atoms with E-state index < -0.39 is 0 Å². The molecule has 3 atom stereocenters. The number of hydrogen-bond donors (Lipinski definition) is 1. The van der Waals surface area contributed by atoms with Gasteiger partial charge in [0.25, 0.3) is 0 Å². The Bertz CT molecular complexity index is 266. The third-order valence-electron chi connectivity index (χ3n) is 4.23. The number of amides is 1. The molecule has 1 saturated carbocycles. The van der Waals surface area contributed by atoms with Crippen LogP contribution in [-0.2, 0) is 4.79 Å². The third kappa shape index (κ3) is 2.03. The Morgan fingerprint density at radius 1 is 1.60 bits per heavy atom. The van der Waals surface area contributed by atoms with Crippen LogP contribution in [0.3, 0.4) is 0 Å². The Kier molecular flexibility index (Phi) is 2.75. The average molecular weight is 210 g/mol. The number of carbonyl (C=O) groups is 1. The SMILES string of the molecule is CCC1(C)CC1C(=O)N1CCC[C@@H](N)C1. The highest BCUT2D eigenvalue weighted by atomic mass is 16.2. The van der Waals surface area contributed by atoms with Crippen molar-refractivity contribution in [1.82, 2.24) is 4.90 Å². The molecule has 3 nitrogen and oxygen atoms in total. The predicted molar refractivity (Wildman–Crippen MR) is 60.3 cm³/mol. The van der Waals surface area contributed by atoms with E-state index in [1.54, 1.807) is 0 Å². The standard InChI is InChI=1S/C12H22N2O/c1-3-12(2)7-10(12)11(15)14-6-4-5-9(13)8-14/h9-10H,3-8,13H2,1-2H3/t9-,10?,12?/m1/s1. The lowest BCUT2D eigenvalue weighted by atomic mass is 10.0. The molecule has 15 heavy (non-hydrogen) atoms. The first kappa shape index (κ1) is 10.9. The van der Waals surface area contributed by atoms with Gasteiger partial charge in [-0.2, -0.15) is 0 Å². The minimum absolute atomic E-state index is 0.203. The van der Waals surface area contributed by atoms with Gasteiger partial charge in [-0.25, -0.2) is 0 Å². The van der Waals surface area contributed by atoms with E-state index in [9.17, 15) is 4.79 Å². The predicted octanol–water partition coefficient (Wildman–Crippen LogP) is 1.37. The van der Waals surface area contributed by atoms with Crippen molar-refractivity contribution >= 4 is 5.91 Å². The molecule has 0 aromatic carbocycles. The van der Waals surface area contributed by atoms with Crippen molar-refractivity contribution in [2.24, 2.45) is 17.1 Å². The second-order valence-corrected chi connectivity index (χ2v) is 5.45. The first-order chi connectivity index (χ1) is 7.07. The van der Waals surface area contributed by atoms with Gasteiger partial charge in [-0.3, -0.25) is 4.79 Å². The fourth-order valence-corrected chi connectivity index (χ4v) is 2.61. The van der Waals surface area contributed by atoms with Crippen LogP contribution < -0.4 is 5.73 Å². The molecule has 2 aliphatic rings. The molecule has 1 saturated heterocycles. The van der Waals surface area contributed by atoms with Gasteiger partial charge in [-0.05, 0) is 31.1 Å². The minimum atomic E-state index is 0.203. The van der Waals surface area contributed by atoms with Gasteiger partial charge in [0, 0.05) is 25.0 Å². The summed E-state index contributed by atoms with van der Waals surface area (Å²) in [5.74, 6) is 0.641. The highest BCUT2D eigenvalue weighted by Gasteiger charge is 2.54. The highest BCUT2D eigenvalue weighted by Crippen LogP contribution is 2.55. The minimum Gasteiger partial charge on any atom is -0.341 e. The van der Waals surface area contributed by atoms with Crippen molar-refractivity contribution < 1.29 is 4.79 Å². The molecular formula is C12H22N2O. The summed E-state index contributed by atoms with van der Waals surface area (Å²) >= 11 is 0. The quantitative estimate of drug-likeness (QED) is 0.748. The zero-order valence-electron chi connectivity index (χ0n) is 9.83. The Labute approximate surface area is 92.0 Å². The molecule has 0 aromatic rings. The Morgan fingerprint density at radius 2 is 2.33 bits per heavy atom. The number of nitrogens with zero attached hydrogens (tertiary/aromatic N) is 1. The van der Waals surface area contributed by atoms with Gasteiger partial charge in [0.15, 0.2) is 0 Å². The van der Waals surface area contributed by atoms with Gasteiger partial charge in [0.1, 0.15) is 0 Å². The maximum absolute atomic E-state index is 12.2. The van der Waals surface area contributed by atoms with E-state index in [0.717, 1.165) is 38.8 Å². The molecule has 2 fully saturated rings. The molecule has 1 aliphatic heterocycles. The van der Waals surface area contributed by atoms with Crippen LogP contribution in [0.25, 0.3) is 0 Å². The summed E-state index contributed by atoms with van der Waals surface area (Å²) < 4.78 is 0. The van der Waals surface area contributed by atoms with Crippen molar-refractivity contribution in [3.63, 3.8) is 0 Å². The van der Waals surface area contributed by atoms with E-state index in [2.05, 4.69) is 13.8 Å². The molecule has 1 aliphatic carbocycles. The molecule has 0 bridgehead atoms. The Balaban J connectivity index is 1.92. The van der Waals surface area contributed by atoms with Crippen molar-refractivity contribution in [1.29, 1.82) is 0 Å². The van der Waals surface area contributed by atoms with Crippen LogP contribution in [0.1, 0.15) is 39.5 Å². The first-order valence-corrected chi connectivity index (χ1v) is 6.11. The molecule has 2 N–H and O–H groups in total. The number of likely N-dealkylation sites (tertiary alicyclic amines) is 1. The summed E-state index contributed by atoms with van der Waals surface area (Å²) in [6.45, 7) is 6.09. The molecule has 1 heterocycles. The summed E-state index contributed by atoms with van der Waals surface area (Å²) in [6, 6.07) is 0.203. The monoisotopic (exact) mass is 210 g/mol. The van der Waals surface area contributed by atoms with Crippen molar-refractivity contribution in [3.8, 4) is 0 Å². The number of carbonyl (C=O) groups excluding carboxylic acids is 1. The van der Waals surface area contributed by atoms with Crippen LogP contribution in [0, 0.1) is 11.3 Å². The topological polar surface area (TPSA) is 46.3 Å². The van der Waals surface area contributed by atoms with E-state index >= 15 is 0 Å². The average Bonchev–Trinajstić information content (AvgIpc) is 2.91. The zero-order chi connectivity index (χ0) is 11.1. The van der Waals surface area contributed by atoms with Gasteiger partial charge in [-0.15, -0.1) is 0 Å². The summed E-state index contributed by atoms with van der Waals surface area (Å²) in [6.07, 6.45) is 4.33. The number of nitrogens with two attached hydrogens (primary N) is 1. The second kappa shape index (κ2) is 3.78. The molecule has 1 amide bonds. The lowest BCUT2D eigenvalue weighted by Gasteiger charge is -2.31. The summed E-state index contributed by atoms with van der Waals surface area (Å²) in [7, 11) is 0. The normalized spacial score (nSPS) is 40.3. The van der Waals surface area contributed by atoms with Crippen LogP contribution in [0.4, 0.5) is 0 Å². The Morgan fingerprint density at radius 3 is 2.87 bits per heavy atom. The van der Waals surface area contributed by atoms with Crippen LogP contribution >= 0.6 is 0 Å². The van der Waals surface area contributed by atoms with E-state index in [-0.39, 0.29) is 12.0 Å². The largest absolute Gasteiger partial charge is 0.341 e. The fourth-order valence-electron chi connectivity index (χ4n) is 2.61. The smallest absolute Gasteiger partial charge is 0.226 e. The van der Waals surface area contributed by atoms with Gasteiger partial charge in [0.2, 0.25) is 5.91 Å². The summed E-state index contributed by atoms with van der Waals surface area (Å²) in [4.78, 5) is 14.1. The van der Waals surface area contributed by atoms with Crippen molar-refractivity contribution in [2.45, 2.75) is 45.6 Å². The van der Waals surface area contributed by atoms with Gasteiger partial charge in [0.05, 0.1) is 0 Å². The Hall–Kier alpha value is -0.570.